The third-order valence-electron chi connectivity index (χ3n) is 3.62. The molecule has 2 aromatic carbocycles. The summed E-state index contributed by atoms with van der Waals surface area (Å²) in [5, 5.41) is 3.53. The Morgan fingerprint density at radius 3 is 2.42 bits per heavy atom. The van der Waals surface area contributed by atoms with Gasteiger partial charge in [0.05, 0.1) is 6.54 Å². The number of hydrogen-bond donors (Lipinski definition) is 1. The second-order valence-corrected chi connectivity index (χ2v) is 6.03. The molecular formula is C19H21ClN2O2. The van der Waals surface area contributed by atoms with E-state index in [9.17, 15) is 9.59 Å². The Bertz CT molecular complexity index is 689. The molecule has 0 aromatic heterocycles. The Kier molecular flexibility index (Phi) is 6.82. The van der Waals surface area contributed by atoms with Crippen molar-refractivity contribution < 1.29 is 9.59 Å². The first-order chi connectivity index (χ1) is 11.5. The molecule has 1 N–H and O–H groups in total. The van der Waals surface area contributed by atoms with Crippen LogP contribution in [0.4, 0.5) is 0 Å². The molecule has 4 nitrogen and oxygen atoms in total. The highest BCUT2D eigenvalue weighted by molar-refractivity contribution is 6.30. The summed E-state index contributed by atoms with van der Waals surface area (Å²) in [5.41, 5.74) is 2.06. The number of nitrogens with zero attached hydrogens (tertiary/aromatic N) is 1. The summed E-state index contributed by atoms with van der Waals surface area (Å²) in [7, 11) is 0. The second-order valence-electron chi connectivity index (χ2n) is 5.59. The highest BCUT2D eigenvalue weighted by Crippen LogP contribution is 2.10. The maximum Gasteiger partial charge on any atom is 0.239 e. The lowest BCUT2D eigenvalue weighted by atomic mass is 10.1. The largest absolute Gasteiger partial charge is 0.354 e. The van der Waals surface area contributed by atoms with E-state index in [1.807, 2.05) is 54.6 Å². The smallest absolute Gasteiger partial charge is 0.239 e. The second kappa shape index (κ2) is 9.08. The standard InChI is InChI=1S/C19H21ClN2O2/c1-15(23)22(13-17-6-3-2-4-7-17)14-19(24)21-11-10-16-8-5-9-18(20)12-16/h2-9,12H,10-11,13-14H2,1H3,(H,21,24). The monoisotopic (exact) mass is 344 g/mol. The van der Waals surface area contributed by atoms with E-state index < -0.39 is 0 Å². The molecule has 0 aliphatic carbocycles. The molecule has 0 bridgehead atoms. The Morgan fingerprint density at radius 2 is 1.75 bits per heavy atom. The van der Waals surface area contributed by atoms with E-state index in [0.29, 0.717) is 24.5 Å². The van der Waals surface area contributed by atoms with Crippen molar-refractivity contribution in [3.8, 4) is 0 Å². The molecule has 2 amide bonds. The topological polar surface area (TPSA) is 49.4 Å². The van der Waals surface area contributed by atoms with Crippen molar-refractivity contribution in [3.63, 3.8) is 0 Å². The fourth-order valence-corrected chi connectivity index (χ4v) is 2.56. The molecule has 0 unspecified atom stereocenters. The minimum absolute atomic E-state index is 0.0553. The van der Waals surface area contributed by atoms with Crippen molar-refractivity contribution >= 4 is 23.4 Å². The van der Waals surface area contributed by atoms with Crippen LogP contribution >= 0.6 is 11.6 Å². The quantitative estimate of drug-likeness (QED) is 0.839. The van der Waals surface area contributed by atoms with Crippen LogP contribution in [0.15, 0.2) is 54.6 Å². The molecule has 0 fully saturated rings. The lowest BCUT2D eigenvalue weighted by molar-refractivity contribution is -0.134. The van der Waals surface area contributed by atoms with Gasteiger partial charge in [0.15, 0.2) is 0 Å². The maximum absolute atomic E-state index is 12.1. The van der Waals surface area contributed by atoms with Gasteiger partial charge in [-0.05, 0) is 29.7 Å². The zero-order valence-electron chi connectivity index (χ0n) is 13.7. The molecule has 0 saturated heterocycles. The molecule has 2 aromatic rings. The molecule has 0 saturated carbocycles. The van der Waals surface area contributed by atoms with Gasteiger partial charge in [-0.1, -0.05) is 54.1 Å². The van der Waals surface area contributed by atoms with E-state index in [0.717, 1.165) is 11.1 Å². The number of benzene rings is 2. The first kappa shape index (κ1) is 18.0. The van der Waals surface area contributed by atoms with Crippen molar-refractivity contribution in [3.05, 3.63) is 70.7 Å². The minimum atomic E-state index is -0.164. The highest BCUT2D eigenvalue weighted by Gasteiger charge is 2.13. The molecule has 0 spiro atoms. The summed E-state index contributed by atoms with van der Waals surface area (Å²) in [4.78, 5) is 25.4. The predicted octanol–water partition coefficient (Wildman–Crippen LogP) is 3.05. The third kappa shape index (κ3) is 6.05. The van der Waals surface area contributed by atoms with E-state index >= 15 is 0 Å². The van der Waals surface area contributed by atoms with Crippen LogP contribution in [0.25, 0.3) is 0 Å². The average Bonchev–Trinajstić information content (AvgIpc) is 2.55. The van der Waals surface area contributed by atoms with Crippen molar-refractivity contribution in [2.45, 2.75) is 19.9 Å². The Morgan fingerprint density at radius 1 is 1.04 bits per heavy atom. The van der Waals surface area contributed by atoms with Crippen LogP contribution in [0.5, 0.6) is 0 Å². The van der Waals surface area contributed by atoms with Crippen molar-refractivity contribution in [2.24, 2.45) is 0 Å². The van der Waals surface area contributed by atoms with Crippen LogP contribution in [0.2, 0.25) is 5.02 Å². The van der Waals surface area contributed by atoms with Crippen molar-refractivity contribution in [1.82, 2.24) is 10.2 Å². The zero-order valence-corrected chi connectivity index (χ0v) is 14.4. The summed E-state index contributed by atoms with van der Waals surface area (Å²) in [6.07, 6.45) is 0.699. The molecule has 0 atom stereocenters. The lowest BCUT2D eigenvalue weighted by Gasteiger charge is -2.20. The normalized spacial score (nSPS) is 10.2. The van der Waals surface area contributed by atoms with Gasteiger partial charge >= 0.3 is 0 Å². The van der Waals surface area contributed by atoms with Gasteiger partial charge in [0, 0.05) is 25.0 Å². The number of carbonyl (C=O) groups is 2. The molecule has 0 radical (unpaired) electrons. The fraction of sp³-hybridized carbons (Fsp3) is 0.263. The number of rotatable bonds is 7. The van der Waals surface area contributed by atoms with E-state index in [2.05, 4.69) is 5.32 Å². The first-order valence-corrected chi connectivity index (χ1v) is 8.23. The third-order valence-corrected chi connectivity index (χ3v) is 3.86. The summed E-state index contributed by atoms with van der Waals surface area (Å²) in [5.74, 6) is -0.285. The molecule has 5 heteroatoms. The van der Waals surface area contributed by atoms with Crippen LogP contribution in [0, 0.1) is 0 Å². The highest BCUT2D eigenvalue weighted by atomic mass is 35.5. The molecule has 0 aliphatic heterocycles. The number of carbonyl (C=O) groups excluding carboxylic acids is 2. The van der Waals surface area contributed by atoms with Gasteiger partial charge in [-0.3, -0.25) is 9.59 Å². The van der Waals surface area contributed by atoms with E-state index in [1.54, 1.807) is 0 Å². The summed E-state index contributed by atoms with van der Waals surface area (Å²) < 4.78 is 0. The van der Waals surface area contributed by atoms with E-state index in [-0.39, 0.29) is 18.4 Å². The van der Waals surface area contributed by atoms with Crippen molar-refractivity contribution in [2.75, 3.05) is 13.1 Å². The zero-order chi connectivity index (χ0) is 17.4. The van der Waals surface area contributed by atoms with Crippen LogP contribution in [0.3, 0.4) is 0 Å². The molecule has 2 rings (SSSR count). The van der Waals surface area contributed by atoms with Crippen molar-refractivity contribution in [1.29, 1.82) is 0 Å². The van der Waals surface area contributed by atoms with Gasteiger partial charge in [0.25, 0.3) is 0 Å². The van der Waals surface area contributed by atoms with Gasteiger partial charge in [0.1, 0.15) is 0 Å². The van der Waals surface area contributed by atoms with Gasteiger partial charge < -0.3 is 10.2 Å². The minimum Gasteiger partial charge on any atom is -0.354 e. The number of amides is 2. The first-order valence-electron chi connectivity index (χ1n) is 7.85. The van der Waals surface area contributed by atoms with Crippen LogP contribution in [-0.2, 0) is 22.6 Å². The number of halogens is 1. The fourth-order valence-electron chi connectivity index (χ4n) is 2.35. The molecule has 24 heavy (non-hydrogen) atoms. The molecule has 126 valence electrons. The Hall–Kier alpha value is -2.33. The number of nitrogens with one attached hydrogen (secondary N) is 1. The molecule has 0 aliphatic rings. The average molecular weight is 345 g/mol. The summed E-state index contributed by atoms with van der Waals surface area (Å²) in [6, 6.07) is 17.2. The van der Waals surface area contributed by atoms with Crippen LogP contribution in [0.1, 0.15) is 18.1 Å². The van der Waals surface area contributed by atoms with E-state index in [1.165, 1.54) is 11.8 Å². The van der Waals surface area contributed by atoms with Gasteiger partial charge in [0.2, 0.25) is 11.8 Å². The van der Waals surface area contributed by atoms with Crippen LogP contribution in [-0.4, -0.2) is 29.8 Å². The summed E-state index contributed by atoms with van der Waals surface area (Å²) in [6.45, 7) is 2.47. The predicted molar refractivity (Wildman–Crippen MR) is 95.7 cm³/mol. The Labute approximate surface area is 147 Å². The Balaban J connectivity index is 1.81. The SMILES string of the molecule is CC(=O)N(CC(=O)NCCc1cccc(Cl)c1)Cc1ccccc1. The molecular weight excluding hydrogens is 324 g/mol. The molecule has 0 heterocycles. The summed E-state index contributed by atoms with van der Waals surface area (Å²) >= 11 is 5.94. The number of hydrogen-bond acceptors (Lipinski definition) is 2. The lowest BCUT2D eigenvalue weighted by Crippen LogP contribution is -2.39. The van der Waals surface area contributed by atoms with Gasteiger partial charge in [-0.25, -0.2) is 0 Å². The maximum atomic E-state index is 12.1. The van der Waals surface area contributed by atoms with E-state index in [4.69, 9.17) is 11.6 Å². The van der Waals surface area contributed by atoms with Gasteiger partial charge in [-0.2, -0.15) is 0 Å². The van der Waals surface area contributed by atoms with Crippen LogP contribution < -0.4 is 5.32 Å². The van der Waals surface area contributed by atoms with Gasteiger partial charge in [-0.15, -0.1) is 0 Å².